The van der Waals surface area contributed by atoms with E-state index in [1.54, 1.807) is 13.0 Å². The lowest BCUT2D eigenvalue weighted by Crippen LogP contribution is -2.37. The van der Waals surface area contributed by atoms with Gasteiger partial charge < -0.3 is 15.1 Å². The topological polar surface area (TPSA) is 77.8 Å². The van der Waals surface area contributed by atoms with Crippen LogP contribution in [0.25, 0.3) is 0 Å². The van der Waals surface area contributed by atoms with Crippen molar-refractivity contribution in [2.75, 3.05) is 6.54 Å². The molecule has 0 radical (unpaired) electrons. The van der Waals surface area contributed by atoms with E-state index in [0.29, 0.717) is 13.0 Å². The van der Waals surface area contributed by atoms with Crippen LogP contribution < -0.4 is 0 Å². The van der Waals surface area contributed by atoms with Crippen LogP contribution in [0.5, 0.6) is 0 Å². The van der Waals surface area contributed by atoms with Crippen molar-refractivity contribution in [3.63, 3.8) is 0 Å². The fourth-order valence-corrected chi connectivity index (χ4v) is 3.02. The van der Waals surface area contributed by atoms with Crippen molar-refractivity contribution >= 4 is 23.4 Å². The van der Waals surface area contributed by atoms with Gasteiger partial charge in [0.2, 0.25) is 0 Å². The second-order valence-electron chi connectivity index (χ2n) is 3.70. The minimum atomic E-state index is -0.957. The van der Waals surface area contributed by atoms with Gasteiger partial charge in [0, 0.05) is 11.4 Å². The number of carboxylic acid groups (broad SMARTS) is 2. The number of rotatable bonds is 1. The van der Waals surface area contributed by atoms with Gasteiger partial charge in [0.1, 0.15) is 4.88 Å². The second-order valence-corrected chi connectivity index (χ2v) is 4.83. The zero-order valence-corrected chi connectivity index (χ0v) is 9.45. The molecule has 0 bridgehead atoms. The van der Waals surface area contributed by atoms with Crippen molar-refractivity contribution in [3.8, 4) is 0 Å². The second kappa shape index (κ2) is 3.79. The van der Waals surface area contributed by atoms with Gasteiger partial charge in [-0.3, -0.25) is 0 Å². The number of nitrogens with zero attached hydrogens (tertiary/aromatic N) is 1. The Morgan fingerprint density at radius 1 is 1.50 bits per heavy atom. The van der Waals surface area contributed by atoms with E-state index in [9.17, 15) is 9.59 Å². The number of carbonyl (C=O) groups is 2. The third kappa shape index (κ3) is 1.65. The maximum atomic E-state index is 10.9. The van der Waals surface area contributed by atoms with E-state index in [1.165, 1.54) is 16.2 Å². The highest BCUT2D eigenvalue weighted by Crippen LogP contribution is 2.35. The molecule has 1 aliphatic rings. The molecule has 5 nitrogen and oxygen atoms in total. The molecule has 0 saturated heterocycles. The zero-order valence-electron chi connectivity index (χ0n) is 8.64. The number of fused-ring (bicyclic) bond motifs is 1. The third-order valence-corrected chi connectivity index (χ3v) is 3.99. The highest BCUT2D eigenvalue weighted by Gasteiger charge is 2.29. The molecule has 2 rings (SSSR count). The molecule has 0 fully saturated rings. The maximum absolute atomic E-state index is 10.9. The normalized spacial score (nSPS) is 19.3. The van der Waals surface area contributed by atoms with E-state index in [2.05, 4.69) is 0 Å². The lowest BCUT2D eigenvalue weighted by molar-refractivity contribution is 0.0702. The molecule has 0 aromatic carbocycles. The first-order valence-corrected chi connectivity index (χ1v) is 5.68. The Balaban J connectivity index is 2.37. The molecule has 86 valence electrons. The molecule has 1 amide bonds. The Hall–Kier alpha value is -1.56. The number of hydrogen-bond donors (Lipinski definition) is 2. The molecule has 0 saturated carbocycles. The van der Waals surface area contributed by atoms with E-state index >= 15 is 0 Å². The molecule has 2 N–H and O–H groups in total. The first-order valence-electron chi connectivity index (χ1n) is 4.86. The molecule has 1 aliphatic heterocycles. The smallest absolute Gasteiger partial charge is 0.407 e. The van der Waals surface area contributed by atoms with Crippen LogP contribution in [0, 0.1) is 0 Å². The standard InChI is InChI=1S/C10H11NO4S/c1-5-6-4-8(9(12)13)16-7(6)2-3-11(5)10(14)15/h4-5H,2-3H2,1H3,(H,12,13)(H,14,15). The van der Waals surface area contributed by atoms with E-state index in [0.717, 1.165) is 10.4 Å². The number of amides is 1. The van der Waals surface area contributed by atoms with Crippen molar-refractivity contribution < 1.29 is 19.8 Å². The molecular formula is C10H11NO4S. The lowest BCUT2D eigenvalue weighted by Gasteiger charge is -2.30. The highest BCUT2D eigenvalue weighted by atomic mass is 32.1. The van der Waals surface area contributed by atoms with Crippen molar-refractivity contribution in [1.29, 1.82) is 0 Å². The van der Waals surface area contributed by atoms with E-state index in [4.69, 9.17) is 10.2 Å². The molecule has 1 aromatic rings. The Kier molecular flexibility index (Phi) is 2.59. The SMILES string of the molecule is CC1c2cc(C(=O)O)sc2CCN1C(=O)O. The summed E-state index contributed by atoms with van der Waals surface area (Å²) in [6, 6.07) is 1.33. The minimum absolute atomic E-state index is 0.259. The monoisotopic (exact) mass is 241 g/mol. The average molecular weight is 241 g/mol. The predicted octanol–water partition coefficient (Wildman–Crippen LogP) is 2.04. The molecule has 1 unspecified atom stereocenters. The van der Waals surface area contributed by atoms with Gasteiger partial charge >= 0.3 is 12.1 Å². The predicted molar refractivity (Wildman–Crippen MR) is 58.1 cm³/mol. The molecule has 0 aliphatic carbocycles. The van der Waals surface area contributed by atoms with Crippen molar-refractivity contribution in [3.05, 3.63) is 21.4 Å². The number of carboxylic acids is 1. The molecule has 6 heteroatoms. The zero-order chi connectivity index (χ0) is 11.9. The summed E-state index contributed by atoms with van der Waals surface area (Å²) in [5.74, 6) is -0.950. The summed E-state index contributed by atoms with van der Waals surface area (Å²) in [5.41, 5.74) is 0.830. The summed E-state index contributed by atoms with van der Waals surface area (Å²) in [7, 11) is 0. The van der Waals surface area contributed by atoms with Crippen LogP contribution in [0.3, 0.4) is 0 Å². The summed E-state index contributed by atoms with van der Waals surface area (Å²) < 4.78 is 0. The van der Waals surface area contributed by atoms with Gasteiger partial charge in [-0.25, -0.2) is 9.59 Å². The Morgan fingerprint density at radius 2 is 2.19 bits per heavy atom. The van der Waals surface area contributed by atoms with Crippen LogP contribution in [-0.2, 0) is 6.42 Å². The van der Waals surface area contributed by atoms with Gasteiger partial charge in [0.05, 0.1) is 6.04 Å². The van der Waals surface area contributed by atoms with Crippen molar-refractivity contribution in [1.82, 2.24) is 4.90 Å². The summed E-state index contributed by atoms with van der Waals surface area (Å²) in [5, 5.41) is 17.8. The first kappa shape index (κ1) is 10.9. The summed E-state index contributed by atoms with van der Waals surface area (Å²) >= 11 is 1.24. The van der Waals surface area contributed by atoms with Crippen molar-refractivity contribution in [2.24, 2.45) is 0 Å². The molecular weight excluding hydrogens is 230 g/mol. The maximum Gasteiger partial charge on any atom is 0.407 e. The fourth-order valence-electron chi connectivity index (χ4n) is 1.94. The first-order chi connectivity index (χ1) is 7.50. The van der Waals surface area contributed by atoms with Gasteiger partial charge in [-0.05, 0) is 25.0 Å². The highest BCUT2D eigenvalue weighted by molar-refractivity contribution is 7.14. The number of hydrogen-bond acceptors (Lipinski definition) is 3. The Labute approximate surface area is 95.9 Å². The minimum Gasteiger partial charge on any atom is -0.477 e. The van der Waals surface area contributed by atoms with Gasteiger partial charge in [-0.2, -0.15) is 0 Å². The van der Waals surface area contributed by atoms with Crippen LogP contribution in [0.4, 0.5) is 4.79 Å². The van der Waals surface area contributed by atoms with Crippen LogP contribution in [0.2, 0.25) is 0 Å². The van der Waals surface area contributed by atoms with Crippen LogP contribution in [0.15, 0.2) is 6.07 Å². The van der Waals surface area contributed by atoms with E-state index in [1.807, 2.05) is 0 Å². The van der Waals surface area contributed by atoms with Crippen LogP contribution in [-0.4, -0.2) is 33.7 Å². The van der Waals surface area contributed by atoms with Gasteiger partial charge in [0.25, 0.3) is 0 Å². The van der Waals surface area contributed by atoms with Crippen molar-refractivity contribution in [2.45, 2.75) is 19.4 Å². The van der Waals surface area contributed by atoms with Gasteiger partial charge in [-0.1, -0.05) is 0 Å². The number of aromatic carboxylic acids is 1. The Morgan fingerprint density at radius 3 is 2.75 bits per heavy atom. The lowest BCUT2D eigenvalue weighted by atomic mass is 10.0. The number of thiophene rings is 1. The van der Waals surface area contributed by atoms with Gasteiger partial charge in [0.15, 0.2) is 0 Å². The van der Waals surface area contributed by atoms with Crippen LogP contribution >= 0.6 is 11.3 Å². The summed E-state index contributed by atoms with van der Waals surface area (Å²) in [4.78, 5) is 24.4. The molecule has 1 atom stereocenters. The molecule has 16 heavy (non-hydrogen) atoms. The fraction of sp³-hybridized carbons (Fsp3) is 0.400. The largest absolute Gasteiger partial charge is 0.477 e. The third-order valence-electron chi connectivity index (χ3n) is 2.80. The molecule has 1 aromatic heterocycles. The molecule has 0 spiro atoms. The molecule has 2 heterocycles. The van der Waals surface area contributed by atoms with Crippen LogP contribution in [0.1, 0.15) is 33.1 Å². The summed E-state index contributed by atoms with van der Waals surface area (Å²) in [6.07, 6.45) is -0.356. The average Bonchev–Trinajstić information content (AvgIpc) is 2.62. The quantitative estimate of drug-likeness (QED) is 0.788. The van der Waals surface area contributed by atoms with E-state index < -0.39 is 12.1 Å². The summed E-state index contributed by atoms with van der Waals surface area (Å²) in [6.45, 7) is 2.22. The Bertz CT molecular complexity index is 454. The van der Waals surface area contributed by atoms with E-state index in [-0.39, 0.29) is 10.9 Å². The van der Waals surface area contributed by atoms with Gasteiger partial charge in [-0.15, -0.1) is 11.3 Å².